The zero-order valence-electron chi connectivity index (χ0n) is 16.1. The predicted molar refractivity (Wildman–Crippen MR) is 119 cm³/mol. The maximum absolute atomic E-state index is 13.0. The van der Waals surface area contributed by atoms with E-state index in [1.807, 2.05) is 31.2 Å². The van der Waals surface area contributed by atoms with Crippen LogP contribution in [0.25, 0.3) is 5.76 Å². The highest BCUT2D eigenvalue weighted by atomic mass is 79.9. The van der Waals surface area contributed by atoms with Crippen LogP contribution in [-0.2, 0) is 9.59 Å². The monoisotopic (exact) mass is 484 g/mol. The van der Waals surface area contributed by atoms with Crippen LogP contribution >= 0.6 is 27.3 Å². The molecule has 1 saturated heterocycles. The summed E-state index contributed by atoms with van der Waals surface area (Å²) in [5.41, 5.74) is 1.96. The summed E-state index contributed by atoms with van der Waals surface area (Å²) in [5.74, 6) is -1.03. The molecule has 1 aliphatic rings. The SMILES string of the molecule is COc1ccc(C(O)=C2C(=O)C(=O)N(c3nccs3)[C@@H]2c2ccc(Br)cc2)cc1C. The summed E-state index contributed by atoms with van der Waals surface area (Å²) in [6.45, 7) is 1.84. The van der Waals surface area contributed by atoms with Crippen LogP contribution in [0.3, 0.4) is 0 Å². The molecular weight excluding hydrogens is 468 g/mol. The standard InChI is InChI=1S/C22H17BrN2O4S/c1-12-11-14(5-8-16(12)29-2)19(26)17-18(13-3-6-15(23)7-4-13)25(21(28)20(17)27)22-24-9-10-30-22/h3-11,18,26H,1-2H3/t18-/m1/s1. The van der Waals surface area contributed by atoms with Crippen LogP contribution in [0, 0.1) is 6.92 Å². The number of carbonyl (C=O) groups excluding carboxylic acids is 2. The molecule has 30 heavy (non-hydrogen) atoms. The third-order valence-corrected chi connectivity index (χ3v) is 6.22. The minimum Gasteiger partial charge on any atom is -0.507 e. The van der Waals surface area contributed by atoms with Crippen molar-refractivity contribution in [3.05, 3.63) is 80.8 Å². The second kappa shape index (κ2) is 8.04. The minimum atomic E-state index is -0.786. The van der Waals surface area contributed by atoms with Gasteiger partial charge in [-0.1, -0.05) is 28.1 Å². The highest BCUT2D eigenvalue weighted by Gasteiger charge is 2.47. The van der Waals surface area contributed by atoms with E-state index in [2.05, 4.69) is 20.9 Å². The van der Waals surface area contributed by atoms with Crippen molar-refractivity contribution in [2.45, 2.75) is 13.0 Å². The number of nitrogens with zero attached hydrogens (tertiary/aromatic N) is 2. The van der Waals surface area contributed by atoms with Crippen LogP contribution in [0.1, 0.15) is 22.7 Å². The van der Waals surface area contributed by atoms with Crippen molar-refractivity contribution in [1.82, 2.24) is 4.98 Å². The van der Waals surface area contributed by atoms with E-state index in [1.165, 1.54) is 16.2 Å². The van der Waals surface area contributed by atoms with Crippen LogP contribution in [0.15, 0.2) is 64.1 Å². The van der Waals surface area contributed by atoms with Crippen LogP contribution in [0.4, 0.5) is 5.13 Å². The van der Waals surface area contributed by atoms with E-state index in [0.29, 0.717) is 22.0 Å². The Morgan fingerprint density at radius 1 is 1.20 bits per heavy atom. The number of benzene rings is 2. The van der Waals surface area contributed by atoms with Crippen LogP contribution in [0.5, 0.6) is 5.75 Å². The summed E-state index contributed by atoms with van der Waals surface area (Å²) in [7, 11) is 1.56. The first kappa shape index (κ1) is 20.3. The number of thiazole rings is 1. The molecule has 0 aliphatic carbocycles. The third-order valence-electron chi connectivity index (χ3n) is 4.92. The number of aliphatic hydroxyl groups excluding tert-OH is 1. The van der Waals surface area contributed by atoms with Crippen molar-refractivity contribution in [2.24, 2.45) is 0 Å². The summed E-state index contributed by atoms with van der Waals surface area (Å²) in [6.07, 6.45) is 1.57. The molecule has 1 N–H and O–H groups in total. The molecule has 3 aromatic rings. The average molecular weight is 485 g/mol. The highest BCUT2D eigenvalue weighted by Crippen LogP contribution is 2.43. The molecule has 1 atom stereocenters. The first-order valence-corrected chi connectivity index (χ1v) is 10.7. The van der Waals surface area contributed by atoms with Gasteiger partial charge >= 0.3 is 5.91 Å². The molecule has 1 fully saturated rings. The van der Waals surface area contributed by atoms with E-state index < -0.39 is 17.7 Å². The molecule has 1 aromatic heterocycles. The van der Waals surface area contributed by atoms with E-state index in [-0.39, 0.29) is 11.3 Å². The summed E-state index contributed by atoms with van der Waals surface area (Å²) in [6, 6.07) is 11.6. The molecule has 4 rings (SSSR count). The number of aromatic nitrogens is 1. The Morgan fingerprint density at radius 3 is 2.53 bits per heavy atom. The van der Waals surface area contributed by atoms with Gasteiger partial charge in [0.1, 0.15) is 11.5 Å². The number of ether oxygens (including phenoxy) is 1. The fraction of sp³-hybridized carbons (Fsp3) is 0.136. The molecule has 6 nitrogen and oxygen atoms in total. The molecule has 2 heterocycles. The largest absolute Gasteiger partial charge is 0.507 e. The average Bonchev–Trinajstić information content (AvgIpc) is 3.35. The van der Waals surface area contributed by atoms with Gasteiger partial charge in [0.15, 0.2) is 5.13 Å². The molecule has 0 unspecified atom stereocenters. The second-order valence-electron chi connectivity index (χ2n) is 6.72. The Hall–Kier alpha value is -2.97. The molecule has 0 spiro atoms. The Labute approximate surface area is 185 Å². The summed E-state index contributed by atoms with van der Waals surface area (Å²) in [5, 5.41) is 13.2. The van der Waals surface area contributed by atoms with Gasteiger partial charge in [-0.05, 0) is 48.4 Å². The maximum atomic E-state index is 13.0. The second-order valence-corrected chi connectivity index (χ2v) is 8.51. The van der Waals surface area contributed by atoms with Crippen LogP contribution < -0.4 is 9.64 Å². The fourth-order valence-corrected chi connectivity index (χ4v) is 4.44. The van der Waals surface area contributed by atoms with Crippen molar-refractivity contribution in [1.29, 1.82) is 0 Å². The van der Waals surface area contributed by atoms with Gasteiger partial charge in [0, 0.05) is 21.6 Å². The van der Waals surface area contributed by atoms with Crippen molar-refractivity contribution < 1.29 is 19.4 Å². The predicted octanol–water partition coefficient (Wildman–Crippen LogP) is 4.85. The Bertz CT molecular complexity index is 1160. The van der Waals surface area contributed by atoms with E-state index in [1.54, 1.807) is 36.9 Å². The number of amides is 1. The van der Waals surface area contributed by atoms with E-state index in [9.17, 15) is 14.7 Å². The Morgan fingerprint density at radius 2 is 1.93 bits per heavy atom. The number of halogens is 1. The first-order valence-electron chi connectivity index (χ1n) is 9.03. The molecular formula is C22H17BrN2O4S. The van der Waals surface area contributed by atoms with Gasteiger partial charge in [-0.2, -0.15) is 0 Å². The van der Waals surface area contributed by atoms with Gasteiger partial charge in [-0.15, -0.1) is 11.3 Å². The summed E-state index contributed by atoms with van der Waals surface area (Å²) in [4.78, 5) is 31.5. The zero-order chi connectivity index (χ0) is 21.4. The van der Waals surface area contributed by atoms with E-state index >= 15 is 0 Å². The molecule has 8 heteroatoms. The van der Waals surface area contributed by atoms with Gasteiger partial charge < -0.3 is 9.84 Å². The zero-order valence-corrected chi connectivity index (χ0v) is 18.5. The molecule has 0 radical (unpaired) electrons. The molecule has 0 saturated carbocycles. The summed E-state index contributed by atoms with van der Waals surface area (Å²) < 4.78 is 6.14. The van der Waals surface area contributed by atoms with Crippen molar-refractivity contribution in [3.63, 3.8) is 0 Å². The molecule has 1 amide bonds. The topological polar surface area (TPSA) is 79.7 Å². The lowest BCUT2D eigenvalue weighted by atomic mass is 9.95. The van der Waals surface area contributed by atoms with Crippen LogP contribution in [0.2, 0.25) is 0 Å². The lowest BCUT2D eigenvalue weighted by Gasteiger charge is -2.23. The number of rotatable bonds is 4. The van der Waals surface area contributed by atoms with E-state index in [4.69, 9.17) is 4.74 Å². The number of ketones is 1. The number of hydrogen-bond donors (Lipinski definition) is 1. The lowest BCUT2D eigenvalue weighted by molar-refractivity contribution is -0.132. The van der Waals surface area contributed by atoms with Gasteiger partial charge in [-0.3, -0.25) is 14.5 Å². The molecule has 152 valence electrons. The van der Waals surface area contributed by atoms with Crippen molar-refractivity contribution in [3.8, 4) is 5.75 Å². The number of aliphatic hydroxyl groups is 1. The molecule has 1 aliphatic heterocycles. The van der Waals surface area contributed by atoms with Crippen LogP contribution in [-0.4, -0.2) is 28.9 Å². The number of anilines is 1. The van der Waals surface area contributed by atoms with Gasteiger partial charge in [0.25, 0.3) is 5.78 Å². The third kappa shape index (κ3) is 3.42. The first-order chi connectivity index (χ1) is 14.4. The highest BCUT2D eigenvalue weighted by molar-refractivity contribution is 9.10. The lowest BCUT2D eigenvalue weighted by Crippen LogP contribution is -2.29. The van der Waals surface area contributed by atoms with Gasteiger partial charge in [-0.25, -0.2) is 4.98 Å². The minimum absolute atomic E-state index is 0.0297. The van der Waals surface area contributed by atoms with Gasteiger partial charge in [0.05, 0.1) is 18.7 Å². The number of hydrogen-bond acceptors (Lipinski definition) is 6. The van der Waals surface area contributed by atoms with E-state index in [0.717, 1.165) is 10.0 Å². The van der Waals surface area contributed by atoms with Crippen molar-refractivity contribution in [2.75, 3.05) is 12.0 Å². The van der Waals surface area contributed by atoms with Crippen molar-refractivity contribution >= 4 is 49.8 Å². The Balaban J connectivity index is 1.92. The Kier molecular flexibility index (Phi) is 5.44. The number of Topliss-reactive ketones (excluding diaryl/α,β-unsaturated/α-hetero) is 1. The quantitative estimate of drug-likeness (QED) is 0.325. The number of methoxy groups -OCH3 is 1. The fourth-order valence-electron chi connectivity index (χ4n) is 3.51. The number of carbonyl (C=O) groups is 2. The molecule has 2 aromatic carbocycles. The van der Waals surface area contributed by atoms with Gasteiger partial charge in [0.2, 0.25) is 0 Å². The number of aryl methyl sites for hydroxylation is 1. The smallest absolute Gasteiger partial charge is 0.301 e. The molecule has 0 bridgehead atoms. The maximum Gasteiger partial charge on any atom is 0.301 e. The summed E-state index contributed by atoms with van der Waals surface area (Å²) >= 11 is 4.66. The normalized spacial score (nSPS) is 18.1.